The quantitative estimate of drug-likeness (QED) is 0.727. The predicted molar refractivity (Wildman–Crippen MR) is 98.6 cm³/mol. The van der Waals surface area contributed by atoms with Crippen molar-refractivity contribution in [2.45, 2.75) is 25.4 Å². The Kier molecular flexibility index (Phi) is 6.95. The van der Waals surface area contributed by atoms with Crippen LogP contribution in [0.3, 0.4) is 0 Å². The molecule has 3 rings (SSSR count). The van der Waals surface area contributed by atoms with Gasteiger partial charge in [0.1, 0.15) is 11.6 Å². The normalized spacial score (nSPS) is 21.1. The van der Waals surface area contributed by atoms with Gasteiger partial charge in [0, 0.05) is 38.2 Å². The molecule has 2 saturated heterocycles. The van der Waals surface area contributed by atoms with Crippen LogP contribution in [0.4, 0.5) is 22.0 Å². The zero-order valence-corrected chi connectivity index (χ0v) is 16.4. The number of nitrogens with zero attached hydrogens (tertiary/aromatic N) is 2. The van der Waals surface area contributed by atoms with E-state index in [0.29, 0.717) is 45.0 Å². The maximum atomic E-state index is 13.8. The lowest BCUT2D eigenvalue weighted by Gasteiger charge is -2.31. The molecule has 2 aliphatic heterocycles. The first kappa shape index (κ1) is 22.5. The third-order valence-corrected chi connectivity index (χ3v) is 5.65. The fourth-order valence-electron chi connectivity index (χ4n) is 4.04. The molecule has 0 bridgehead atoms. The van der Waals surface area contributed by atoms with Crippen molar-refractivity contribution in [2.24, 2.45) is 11.8 Å². The first-order valence-corrected chi connectivity index (χ1v) is 9.93. The Balaban J connectivity index is 1.42. The number of hydrogen-bond acceptors (Lipinski definition) is 3. The minimum Gasteiger partial charge on any atom is -0.356 e. The van der Waals surface area contributed by atoms with Crippen molar-refractivity contribution in [3.05, 3.63) is 35.4 Å². The van der Waals surface area contributed by atoms with E-state index >= 15 is 0 Å². The van der Waals surface area contributed by atoms with E-state index in [1.165, 1.54) is 9.80 Å². The molecule has 2 fully saturated rings. The number of likely N-dealkylation sites (tertiary alicyclic amines) is 2. The van der Waals surface area contributed by atoms with E-state index in [1.807, 2.05) is 0 Å². The molecule has 5 nitrogen and oxygen atoms in total. The van der Waals surface area contributed by atoms with Crippen molar-refractivity contribution < 1.29 is 31.5 Å². The van der Waals surface area contributed by atoms with Gasteiger partial charge in [-0.2, -0.15) is 13.2 Å². The zero-order valence-electron chi connectivity index (χ0n) is 16.4. The van der Waals surface area contributed by atoms with Gasteiger partial charge in [0.25, 0.3) is 5.91 Å². The maximum absolute atomic E-state index is 13.8. The minimum atomic E-state index is -4.22. The zero-order chi connectivity index (χ0) is 21.9. The number of hydrogen-bond donors (Lipinski definition) is 1. The smallest absolute Gasteiger partial charge is 0.356 e. The number of carbonyl (C=O) groups is 2. The highest BCUT2D eigenvalue weighted by Gasteiger charge is 2.35. The van der Waals surface area contributed by atoms with Gasteiger partial charge in [-0.1, -0.05) is 0 Å². The number of rotatable bonds is 5. The average Bonchev–Trinajstić information content (AvgIpc) is 3.11. The molecule has 1 N–H and O–H groups in total. The SMILES string of the molecule is O=C(NCC1CCN(CC(F)(F)F)C1)C1CCN(C(=O)c2ccc(F)cc2F)CC1. The standard InChI is InChI=1S/C20H24F5N3O2/c21-15-1-2-16(17(22)9-15)19(30)28-7-4-14(5-8-28)18(29)26-10-13-3-6-27(11-13)12-20(23,24)25/h1-2,9,13-14H,3-8,10-12H2,(H,26,29). The molecular formula is C20H24F5N3O2. The Labute approximate surface area is 171 Å². The van der Waals surface area contributed by atoms with Crippen LogP contribution in [0, 0.1) is 23.5 Å². The third-order valence-electron chi connectivity index (χ3n) is 5.65. The summed E-state index contributed by atoms with van der Waals surface area (Å²) in [6.45, 7) is 0.606. The van der Waals surface area contributed by atoms with Crippen molar-refractivity contribution >= 4 is 11.8 Å². The Hall–Kier alpha value is -2.23. The molecule has 30 heavy (non-hydrogen) atoms. The average molecular weight is 433 g/mol. The molecule has 1 atom stereocenters. The van der Waals surface area contributed by atoms with E-state index in [4.69, 9.17) is 0 Å². The molecule has 0 radical (unpaired) electrons. The molecule has 1 aromatic carbocycles. The fourth-order valence-corrected chi connectivity index (χ4v) is 4.04. The molecule has 0 spiro atoms. The Morgan fingerprint density at radius 3 is 2.40 bits per heavy atom. The van der Waals surface area contributed by atoms with Crippen molar-refractivity contribution in [1.29, 1.82) is 0 Å². The minimum absolute atomic E-state index is 0.0144. The lowest BCUT2D eigenvalue weighted by Crippen LogP contribution is -2.44. The number of carbonyl (C=O) groups excluding carboxylic acids is 2. The van der Waals surface area contributed by atoms with Crippen LogP contribution in [-0.2, 0) is 4.79 Å². The molecule has 0 aliphatic carbocycles. The van der Waals surface area contributed by atoms with E-state index in [2.05, 4.69) is 5.32 Å². The van der Waals surface area contributed by atoms with Gasteiger partial charge in [0.2, 0.25) is 5.91 Å². The van der Waals surface area contributed by atoms with Gasteiger partial charge in [0.05, 0.1) is 12.1 Å². The molecule has 1 unspecified atom stereocenters. The highest BCUT2D eigenvalue weighted by Crippen LogP contribution is 2.23. The van der Waals surface area contributed by atoms with Crippen LogP contribution >= 0.6 is 0 Å². The van der Waals surface area contributed by atoms with E-state index in [9.17, 15) is 31.5 Å². The van der Waals surface area contributed by atoms with E-state index in [1.54, 1.807) is 0 Å². The highest BCUT2D eigenvalue weighted by atomic mass is 19.4. The number of nitrogens with one attached hydrogen (secondary N) is 1. The van der Waals surface area contributed by atoms with Gasteiger partial charge in [-0.25, -0.2) is 8.78 Å². The fraction of sp³-hybridized carbons (Fsp3) is 0.600. The van der Waals surface area contributed by atoms with Crippen LogP contribution in [0.1, 0.15) is 29.6 Å². The van der Waals surface area contributed by atoms with Gasteiger partial charge in [-0.05, 0) is 43.9 Å². The summed E-state index contributed by atoms with van der Waals surface area (Å²) < 4.78 is 64.2. The summed E-state index contributed by atoms with van der Waals surface area (Å²) >= 11 is 0. The van der Waals surface area contributed by atoms with Crippen LogP contribution in [-0.4, -0.2) is 67.1 Å². The monoisotopic (exact) mass is 433 g/mol. The van der Waals surface area contributed by atoms with Gasteiger partial charge in [0.15, 0.2) is 0 Å². The summed E-state index contributed by atoms with van der Waals surface area (Å²) in [4.78, 5) is 27.6. The third kappa shape index (κ3) is 5.90. The van der Waals surface area contributed by atoms with E-state index < -0.39 is 30.3 Å². The summed E-state index contributed by atoms with van der Waals surface area (Å²) in [7, 11) is 0. The second kappa shape index (κ2) is 9.28. The summed E-state index contributed by atoms with van der Waals surface area (Å²) in [6.07, 6.45) is -2.80. The summed E-state index contributed by atoms with van der Waals surface area (Å²) in [5.74, 6) is -2.72. The van der Waals surface area contributed by atoms with Crippen LogP contribution < -0.4 is 5.32 Å². The van der Waals surface area contributed by atoms with Gasteiger partial charge >= 0.3 is 6.18 Å². The van der Waals surface area contributed by atoms with Crippen molar-refractivity contribution in [3.8, 4) is 0 Å². The van der Waals surface area contributed by atoms with Crippen LogP contribution in [0.5, 0.6) is 0 Å². The molecule has 0 aromatic heterocycles. The number of halogens is 5. The van der Waals surface area contributed by atoms with Crippen LogP contribution in [0.25, 0.3) is 0 Å². The Morgan fingerprint density at radius 2 is 1.77 bits per heavy atom. The topological polar surface area (TPSA) is 52.7 Å². The first-order valence-electron chi connectivity index (χ1n) is 9.93. The largest absolute Gasteiger partial charge is 0.401 e. The summed E-state index contributed by atoms with van der Waals surface area (Å²) in [5.41, 5.74) is -0.205. The molecular weight excluding hydrogens is 409 g/mol. The van der Waals surface area contributed by atoms with Crippen molar-refractivity contribution in [3.63, 3.8) is 0 Å². The lowest BCUT2D eigenvalue weighted by atomic mass is 9.95. The molecule has 2 aliphatic rings. The number of alkyl halides is 3. The molecule has 2 amide bonds. The summed E-state index contributed by atoms with van der Waals surface area (Å²) in [5, 5.41) is 2.82. The summed E-state index contributed by atoms with van der Waals surface area (Å²) in [6, 6.07) is 2.79. The Morgan fingerprint density at radius 1 is 1.07 bits per heavy atom. The number of benzene rings is 1. The first-order chi connectivity index (χ1) is 14.1. The van der Waals surface area contributed by atoms with Crippen LogP contribution in [0.15, 0.2) is 18.2 Å². The van der Waals surface area contributed by atoms with Gasteiger partial charge < -0.3 is 10.2 Å². The molecule has 0 saturated carbocycles. The maximum Gasteiger partial charge on any atom is 0.401 e. The second-order valence-corrected chi connectivity index (χ2v) is 7.94. The lowest BCUT2D eigenvalue weighted by molar-refractivity contribution is -0.143. The van der Waals surface area contributed by atoms with Crippen molar-refractivity contribution in [1.82, 2.24) is 15.1 Å². The molecule has 10 heteroatoms. The van der Waals surface area contributed by atoms with Gasteiger partial charge in [-0.15, -0.1) is 0 Å². The molecule has 1 aromatic rings. The Bertz CT molecular complexity index is 778. The number of piperidine rings is 1. The molecule has 2 heterocycles. The van der Waals surface area contributed by atoms with Crippen molar-refractivity contribution in [2.75, 3.05) is 39.3 Å². The van der Waals surface area contributed by atoms with E-state index in [-0.39, 0.29) is 36.4 Å². The number of amides is 2. The molecule has 166 valence electrons. The second-order valence-electron chi connectivity index (χ2n) is 7.94. The highest BCUT2D eigenvalue weighted by molar-refractivity contribution is 5.94. The van der Waals surface area contributed by atoms with E-state index in [0.717, 1.165) is 12.1 Å². The van der Waals surface area contributed by atoms with Gasteiger partial charge in [-0.3, -0.25) is 14.5 Å². The van der Waals surface area contributed by atoms with Crippen LogP contribution in [0.2, 0.25) is 0 Å². The predicted octanol–water partition coefficient (Wildman–Crippen LogP) is 2.82.